The minimum atomic E-state index is -0.821. The van der Waals surface area contributed by atoms with E-state index in [-0.39, 0.29) is 0 Å². The van der Waals surface area contributed by atoms with Gasteiger partial charge in [0.2, 0.25) is 5.95 Å². The Morgan fingerprint density at radius 3 is 2.75 bits per heavy atom. The molecule has 1 aliphatic rings. The predicted molar refractivity (Wildman–Crippen MR) is 59.7 cm³/mol. The first-order valence-electron chi connectivity index (χ1n) is 5.15. The van der Waals surface area contributed by atoms with Gasteiger partial charge in [-0.2, -0.15) is 0 Å². The summed E-state index contributed by atoms with van der Waals surface area (Å²) in [5, 5.41) is 9.55. The lowest BCUT2D eigenvalue weighted by atomic mass is 10.0. The number of hydrogen-bond acceptors (Lipinski definition) is 4. The maximum atomic E-state index is 11.1. The minimum absolute atomic E-state index is 0.441. The number of carboxylic acid groups (broad SMARTS) is 1. The predicted octanol–water partition coefficient (Wildman–Crippen LogP) is 1.57. The summed E-state index contributed by atoms with van der Waals surface area (Å²) in [6.07, 6.45) is 5.51. The normalized spacial score (nSPS) is 20.8. The van der Waals surface area contributed by atoms with Crippen LogP contribution in [0.1, 0.15) is 19.3 Å². The summed E-state index contributed by atoms with van der Waals surface area (Å²) < 4.78 is 0. The van der Waals surface area contributed by atoms with Crippen molar-refractivity contribution in [1.29, 1.82) is 0 Å². The number of hydrogen-bond donors (Lipinski definition) is 1. The Balaban J connectivity index is 2.23. The molecule has 1 atom stereocenters. The van der Waals surface area contributed by atoms with Crippen LogP contribution in [0.15, 0.2) is 12.4 Å². The van der Waals surface area contributed by atoms with Gasteiger partial charge < -0.3 is 10.0 Å². The Bertz CT molecular complexity index is 382. The van der Waals surface area contributed by atoms with E-state index in [2.05, 4.69) is 9.97 Å². The van der Waals surface area contributed by atoms with E-state index in [0.29, 0.717) is 23.9 Å². The molecule has 0 amide bonds. The lowest BCUT2D eigenvalue weighted by Gasteiger charge is -2.32. The number of aliphatic carboxylic acids is 1. The molecule has 0 bridgehead atoms. The summed E-state index contributed by atoms with van der Waals surface area (Å²) in [5.41, 5.74) is 0. The number of piperidine rings is 1. The smallest absolute Gasteiger partial charge is 0.326 e. The third kappa shape index (κ3) is 2.24. The lowest BCUT2D eigenvalue weighted by Crippen LogP contribution is -2.45. The maximum Gasteiger partial charge on any atom is 0.326 e. The summed E-state index contributed by atoms with van der Waals surface area (Å²) in [5.74, 6) is -0.380. The zero-order chi connectivity index (χ0) is 11.5. The highest BCUT2D eigenvalue weighted by Gasteiger charge is 2.29. The molecule has 0 unspecified atom stereocenters. The van der Waals surface area contributed by atoms with Crippen molar-refractivity contribution >= 4 is 23.5 Å². The van der Waals surface area contributed by atoms with Gasteiger partial charge >= 0.3 is 5.97 Å². The Labute approximate surface area is 98.1 Å². The van der Waals surface area contributed by atoms with Gasteiger partial charge in [0.25, 0.3) is 0 Å². The van der Waals surface area contributed by atoms with E-state index in [1.165, 1.54) is 12.4 Å². The number of rotatable bonds is 2. The molecule has 1 aliphatic heterocycles. The van der Waals surface area contributed by atoms with Gasteiger partial charge in [0.05, 0.1) is 17.4 Å². The highest BCUT2D eigenvalue weighted by atomic mass is 35.5. The highest BCUT2D eigenvalue weighted by molar-refractivity contribution is 6.30. The van der Waals surface area contributed by atoms with Crippen LogP contribution >= 0.6 is 11.6 Å². The van der Waals surface area contributed by atoms with Crippen LogP contribution in [0.3, 0.4) is 0 Å². The Morgan fingerprint density at radius 1 is 1.44 bits per heavy atom. The molecule has 1 aromatic heterocycles. The van der Waals surface area contributed by atoms with Crippen LogP contribution in [0.5, 0.6) is 0 Å². The second kappa shape index (κ2) is 4.65. The molecule has 1 saturated heterocycles. The van der Waals surface area contributed by atoms with Crippen LogP contribution in [0, 0.1) is 0 Å². The second-order valence-corrected chi connectivity index (χ2v) is 4.18. The van der Waals surface area contributed by atoms with E-state index >= 15 is 0 Å². The SMILES string of the molecule is O=C(O)[C@H]1CCCCN1c1ncc(Cl)cn1. The van der Waals surface area contributed by atoms with Crippen LogP contribution in [0.25, 0.3) is 0 Å². The van der Waals surface area contributed by atoms with E-state index in [0.717, 1.165) is 12.8 Å². The van der Waals surface area contributed by atoms with Gasteiger partial charge in [-0.15, -0.1) is 0 Å². The molecule has 0 radical (unpaired) electrons. The molecule has 6 heteroatoms. The quantitative estimate of drug-likeness (QED) is 0.852. The first kappa shape index (κ1) is 11.1. The number of carbonyl (C=O) groups is 1. The molecular weight excluding hydrogens is 230 g/mol. The van der Waals surface area contributed by atoms with Crippen molar-refractivity contribution < 1.29 is 9.90 Å². The number of anilines is 1. The minimum Gasteiger partial charge on any atom is -0.480 e. The molecule has 16 heavy (non-hydrogen) atoms. The largest absolute Gasteiger partial charge is 0.480 e. The van der Waals surface area contributed by atoms with E-state index in [1.54, 1.807) is 4.90 Å². The molecule has 0 spiro atoms. The Hall–Kier alpha value is -1.36. The van der Waals surface area contributed by atoms with Crippen molar-refractivity contribution in [3.63, 3.8) is 0 Å². The van der Waals surface area contributed by atoms with Crippen molar-refractivity contribution in [2.75, 3.05) is 11.4 Å². The summed E-state index contributed by atoms with van der Waals surface area (Å²) in [6.45, 7) is 0.679. The van der Waals surface area contributed by atoms with Gasteiger partial charge in [0.1, 0.15) is 6.04 Å². The van der Waals surface area contributed by atoms with E-state index < -0.39 is 12.0 Å². The second-order valence-electron chi connectivity index (χ2n) is 3.74. The van der Waals surface area contributed by atoms with Crippen molar-refractivity contribution in [2.24, 2.45) is 0 Å². The fourth-order valence-electron chi connectivity index (χ4n) is 1.88. The Morgan fingerprint density at radius 2 is 2.12 bits per heavy atom. The van der Waals surface area contributed by atoms with Crippen LogP contribution in [-0.2, 0) is 4.79 Å². The number of aromatic nitrogens is 2. The van der Waals surface area contributed by atoms with Crippen LogP contribution in [0.2, 0.25) is 5.02 Å². The number of nitrogens with zero attached hydrogens (tertiary/aromatic N) is 3. The van der Waals surface area contributed by atoms with E-state index in [9.17, 15) is 4.79 Å². The van der Waals surface area contributed by atoms with Crippen molar-refractivity contribution in [3.05, 3.63) is 17.4 Å². The molecule has 5 nitrogen and oxygen atoms in total. The molecule has 0 aliphatic carbocycles. The van der Waals surface area contributed by atoms with Crippen molar-refractivity contribution in [1.82, 2.24) is 9.97 Å². The fraction of sp³-hybridized carbons (Fsp3) is 0.500. The van der Waals surface area contributed by atoms with Crippen LogP contribution in [0.4, 0.5) is 5.95 Å². The van der Waals surface area contributed by atoms with Gasteiger partial charge in [-0.25, -0.2) is 14.8 Å². The van der Waals surface area contributed by atoms with Gasteiger partial charge in [0, 0.05) is 6.54 Å². The van der Waals surface area contributed by atoms with E-state index in [4.69, 9.17) is 16.7 Å². The summed E-state index contributed by atoms with van der Waals surface area (Å²) in [6, 6.07) is -0.519. The highest BCUT2D eigenvalue weighted by Crippen LogP contribution is 2.22. The van der Waals surface area contributed by atoms with E-state index in [1.807, 2.05) is 0 Å². The average molecular weight is 242 g/mol. The number of halogens is 1. The summed E-state index contributed by atoms with van der Waals surface area (Å²) >= 11 is 5.69. The van der Waals surface area contributed by atoms with Gasteiger partial charge in [-0.1, -0.05) is 11.6 Å². The monoisotopic (exact) mass is 241 g/mol. The first-order valence-corrected chi connectivity index (χ1v) is 5.53. The Kier molecular flexibility index (Phi) is 3.24. The molecule has 86 valence electrons. The zero-order valence-electron chi connectivity index (χ0n) is 8.64. The summed E-state index contributed by atoms with van der Waals surface area (Å²) in [4.78, 5) is 20.9. The molecule has 2 heterocycles. The molecular formula is C10H12ClN3O2. The third-order valence-corrected chi connectivity index (χ3v) is 2.85. The standard InChI is InChI=1S/C10H12ClN3O2/c11-7-5-12-10(13-6-7)14-4-2-1-3-8(14)9(15)16/h5-6,8H,1-4H2,(H,15,16)/t8-/m1/s1. The van der Waals surface area contributed by atoms with Gasteiger partial charge in [0.15, 0.2) is 0 Å². The summed E-state index contributed by atoms with van der Waals surface area (Å²) in [7, 11) is 0. The van der Waals surface area contributed by atoms with Crippen molar-refractivity contribution in [2.45, 2.75) is 25.3 Å². The maximum absolute atomic E-state index is 11.1. The first-order chi connectivity index (χ1) is 7.68. The molecule has 0 aromatic carbocycles. The molecule has 1 aromatic rings. The third-order valence-electron chi connectivity index (χ3n) is 2.65. The molecule has 0 saturated carbocycles. The van der Waals surface area contributed by atoms with Crippen molar-refractivity contribution in [3.8, 4) is 0 Å². The van der Waals surface area contributed by atoms with Gasteiger partial charge in [-0.3, -0.25) is 0 Å². The van der Waals surface area contributed by atoms with Gasteiger partial charge in [-0.05, 0) is 19.3 Å². The average Bonchev–Trinajstić information content (AvgIpc) is 2.30. The molecule has 2 rings (SSSR count). The van der Waals surface area contributed by atoms with Crippen LogP contribution in [-0.4, -0.2) is 33.6 Å². The zero-order valence-corrected chi connectivity index (χ0v) is 9.39. The molecule has 1 fully saturated rings. The topological polar surface area (TPSA) is 66.3 Å². The fourth-order valence-corrected chi connectivity index (χ4v) is 1.98. The molecule has 1 N–H and O–H groups in total. The van der Waals surface area contributed by atoms with Crippen LogP contribution < -0.4 is 4.90 Å². The number of carboxylic acids is 1. The lowest BCUT2D eigenvalue weighted by molar-refractivity contribution is -0.139.